The van der Waals surface area contributed by atoms with Gasteiger partial charge in [-0.05, 0) is 43.7 Å². The van der Waals surface area contributed by atoms with Crippen molar-refractivity contribution < 1.29 is 33.2 Å². The van der Waals surface area contributed by atoms with Gasteiger partial charge in [-0.2, -0.15) is 10.2 Å². The number of halogens is 4. The van der Waals surface area contributed by atoms with E-state index in [1.807, 2.05) is 13.0 Å². The summed E-state index contributed by atoms with van der Waals surface area (Å²) in [5.41, 5.74) is 1.37. The molecule has 3 aromatic heterocycles. The second-order valence-corrected chi connectivity index (χ2v) is 11.3. The average Bonchev–Trinajstić information content (AvgIpc) is 3.65. The lowest BCUT2D eigenvalue weighted by molar-refractivity contribution is -0.210. The maximum absolute atomic E-state index is 13.8. The summed E-state index contributed by atoms with van der Waals surface area (Å²) < 4.78 is 50.6. The molecule has 41 heavy (non-hydrogen) atoms. The number of hydrogen-bond donors (Lipinski definition) is 3. The van der Waals surface area contributed by atoms with Crippen LogP contribution in [0, 0.1) is 31.3 Å². The second kappa shape index (κ2) is 10.5. The lowest BCUT2D eigenvalue weighted by Crippen LogP contribution is -2.53. The maximum Gasteiger partial charge on any atom is 0.194 e. The Kier molecular flexibility index (Phi) is 7.08. The second-order valence-electron chi connectivity index (χ2n) is 9.65. The normalized spacial score (nSPS) is 23.0. The molecule has 1 aliphatic rings. The fourth-order valence-electron chi connectivity index (χ4n) is 5.01. The van der Waals surface area contributed by atoms with Crippen LogP contribution in [0.2, 0.25) is 5.02 Å². The Morgan fingerprint density at radius 1 is 1.02 bits per heavy atom. The third kappa shape index (κ3) is 4.79. The summed E-state index contributed by atoms with van der Waals surface area (Å²) in [5, 5.41) is 42.4. The van der Waals surface area contributed by atoms with Crippen LogP contribution in [0.4, 0.5) is 13.2 Å². The Morgan fingerprint density at radius 3 is 2.46 bits per heavy atom. The highest BCUT2D eigenvalue weighted by atomic mass is 35.5. The van der Waals surface area contributed by atoms with Gasteiger partial charge in [0.2, 0.25) is 0 Å². The number of aliphatic hydroxyl groups is 3. The number of ether oxygens (including phenoxy) is 1. The molecule has 1 fully saturated rings. The fourth-order valence-corrected chi connectivity index (χ4v) is 6.21. The van der Waals surface area contributed by atoms with Crippen molar-refractivity contribution in [3.8, 4) is 16.8 Å². The number of benzene rings is 2. The topological polar surface area (TPSA) is 131 Å². The Hall–Kier alpha value is -3.40. The molecule has 4 heterocycles. The first-order valence-electron chi connectivity index (χ1n) is 12.4. The summed E-state index contributed by atoms with van der Waals surface area (Å²) in [6.45, 7) is 2.92. The van der Waals surface area contributed by atoms with E-state index in [9.17, 15) is 28.5 Å². The Balaban J connectivity index is 1.40. The standard InChI is InChI=1S/C26H22ClF3N6O4S/c1-10-32-26(36(34-10)14-5-15(27)21-19(6-14)41-11(2)33-21)25-24(39)22(23(38)18(9-37)40-25)35-8-13(7-31-35)12-3-16(28)20(30)17(29)4-12/h3-8,18,22-25,37-39H,9H2,1-2H3/t18?,22-,23-,24?,25+/m0/s1. The Morgan fingerprint density at radius 2 is 1.76 bits per heavy atom. The van der Waals surface area contributed by atoms with Crippen LogP contribution < -0.4 is 0 Å². The van der Waals surface area contributed by atoms with Crippen molar-refractivity contribution >= 4 is 33.2 Å². The molecule has 214 valence electrons. The molecule has 0 aliphatic carbocycles. The van der Waals surface area contributed by atoms with E-state index in [0.717, 1.165) is 21.8 Å². The van der Waals surface area contributed by atoms with E-state index in [1.165, 1.54) is 33.1 Å². The zero-order valence-electron chi connectivity index (χ0n) is 21.4. The molecule has 5 aromatic rings. The van der Waals surface area contributed by atoms with Crippen molar-refractivity contribution in [2.24, 2.45) is 0 Å². The molecule has 3 N–H and O–H groups in total. The van der Waals surface area contributed by atoms with Crippen LogP contribution in [0.15, 0.2) is 36.7 Å². The number of hydrogen-bond acceptors (Lipinski definition) is 9. The summed E-state index contributed by atoms with van der Waals surface area (Å²) in [7, 11) is 0. The van der Waals surface area contributed by atoms with Crippen LogP contribution in [0.3, 0.4) is 0 Å². The van der Waals surface area contributed by atoms with Crippen LogP contribution in [-0.4, -0.2) is 69.8 Å². The summed E-state index contributed by atoms with van der Waals surface area (Å²) in [6.07, 6.45) is -2.69. The van der Waals surface area contributed by atoms with E-state index < -0.39 is 54.5 Å². The molecule has 1 aliphatic heterocycles. The van der Waals surface area contributed by atoms with Crippen LogP contribution in [0.25, 0.3) is 27.0 Å². The number of rotatable bonds is 5. The van der Waals surface area contributed by atoms with Gasteiger partial charge >= 0.3 is 0 Å². The summed E-state index contributed by atoms with van der Waals surface area (Å²) in [4.78, 5) is 8.92. The predicted molar refractivity (Wildman–Crippen MR) is 142 cm³/mol. The van der Waals surface area contributed by atoms with Crippen LogP contribution in [0.5, 0.6) is 0 Å². The summed E-state index contributed by atoms with van der Waals surface area (Å²) >= 11 is 7.95. The number of fused-ring (bicyclic) bond motifs is 1. The van der Waals surface area contributed by atoms with E-state index in [0.29, 0.717) is 22.1 Å². The number of aryl methyl sites for hydroxylation is 2. The molecular weight excluding hydrogens is 585 g/mol. The highest BCUT2D eigenvalue weighted by Gasteiger charge is 2.48. The molecule has 0 amide bonds. The number of thiazole rings is 1. The monoisotopic (exact) mass is 606 g/mol. The van der Waals surface area contributed by atoms with E-state index in [2.05, 4.69) is 20.2 Å². The van der Waals surface area contributed by atoms with Gasteiger partial charge in [0.05, 0.1) is 33.2 Å². The van der Waals surface area contributed by atoms with Crippen LogP contribution in [-0.2, 0) is 4.74 Å². The molecule has 1 saturated heterocycles. The smallest absolute Gasteiger partial charge is 0.194 e. The Labute approximate surface area is 239 Å². The average molecular weight is 607 g/mol. The Bertz CT molecular complexity index is 1750. The first kappa shape index (κ1) is 27.8. The van der Waals surface area contributed by atoms with Crippen molar-refractivity contribution in [3.05, 3.63) is 75.8 Å². The largest absolute Gasteiger partial charge is 0.394 e. The van der Waals surface area contributed by atoms with Gasteiger partial charge < -0.3 is 20.1 Å². The van der Waals surface area contributed by atoms with Crippen molar-refractivity contribution in [2.75, 3.05) is 6.61 Å². The fraction of sp³-hybridized carbons (Fsp3) is 0.308. The minimum atomic E-state index is -1.60. The lowest BCUT2D eigenvalue weighted by atomic mass is 9.92. The highest BCUT2D eigenvalue weighted by Crippen LogP contribution is 2.39. The summed E-state index contributed by atoms with van der Waals surface area (Å²) in [5.74, 6) is -3.81. The zero-order chi connectivity index (χ0) is 29.2. The van der Waals surface area contributed by atoms with Crippen LogP contribution >= 0.6 is 22.9 Å². The molecule has 15 heteroatoms. The van der Waals surface area contributed by atoms with Gasteiger partial charge in [0.15, 0.2) is 23.3 Å². The molecule has 2 unspecified atom stereocenters. The third-order valence-corrected chi connectivity index (χ3v) is 8.10. The maximum atomic E-state index is 13.8. The third-order valence-electron chi connectivity index (χ3n) is 6.89. The van der Waals surface area contributed by atoms with Crippen molar-refractivity contribution in [2.45, 2.75) is 44.3 Å². The van der Waals surface area contributed by atoms with Gasteiger partial charge in [-0.15, -0.1) is 11.3 Å². The van der Waals surface area contributed by atoms with Crippen molar-refractivity contribution in [3.63, 3.8) is 0 Å². The molecule has 0 saturated carbocycles. The van der Waals surface area contributed by atoms with Gasteiger partial charge in [0.25, 0.3) is 0 Å². The van der Waals surface area contributed by atoms with Crippen molar-refractivity contribution in [1.29, 1.82) is 0 Å². The van der Waals surface area contributed by atoms with Gasteiger partial charge in [0.1, 0.15) is 41.8 Å². The first-order valence-corrected chi connectivity index (χ1v) is 13.6. The minimum absolute atomic E-state index is 0.000102. The minimum Gasteiger partial charge on any atom is -0.394 e. The number of aromatic nitrogens is 6. The molecule has 6 rings (SSSR count). The lowest BCUT2D eigenvalue weighted by Gasteiger charge is -2.41. The van der Waals surface area contributed by atoms with Gasteiger partial charge in [0, 0.05) is 11.8 Å². The molecule has 5 atom stereocenters. The molecule has 0 radical (unpaired) electrons. The van der Waals surface area contributed by atoms with Crippen molar-refractivity contribution in [1.82, 2.24) is 29.5 Å². The number of nitrogens with zero attached hydrogens (tertiary/aromatic N) is 6. The van der Waals surface area contributed by atoms with Crippen LogP contribution in [0.1, 0.15) is 28.8 Å². The molecule has 2 aromatic carbocycles. The first-order chi connectivity index (χ1) is 19.5. The van der Waals surface area contributed by atoms with Gasteiger partial charge in [-0.3, -0.25) is 4.68 Å². The van der Waals surface area contributed by atoms with Gasteiger partial charge in [-0.1, -0.05) is 11.6 Å². The molecule has 10 nitrogen and oxygen atoms in total. The van der Waals surface area contributed by atoms with Gasteiger partial charge in [-0.25, -0.2) is 27.8 Å². The molecule has 0 spiro atoms. The van der Waals surface area contributed by atoms with E-state index in [-0.39, 0.29) is 17.0 Å². The molecule has 0 bridgehead atoms. The zero-order valence-corrected chi connectivity index (χ0v) is 23.0. The quantitative estimate of drug-likeness (QED) is 0.257. The molecular formula is C26H22ClF3N6O4S. The SMILES string of the molecule is Cc1nc([C@@H]2OC(CO)[C@H](O)[C@H](n3cc(-c4cc(F)c(F)c(F)c4)cn3)C2O)n(-c2cc(Cl)c3nc(C)sc3c2)n1. The highest BCUT2D eigenvalue weighted by molar-refractivity contribution is 7.18. The number of aliphatic hydroxyl groups excluding tert-OH is 3. The predicted octanol–water partition coefficient (Wildman–Crippen LogP) is 3.82. The van der Waals surface area contributed by atoms with E-state index >= 15 is 0 Å². The van der Waals surface area contributed by atoms with E-state index in [1.54, 1.807) is 13.0 Å². The van der Waals surface area contributed by atoms with E-state index in [4.69, 9.17) is 16.3 Å². The summed E-state index contributed by atoms with van der Waals surface area (Å²) in [6, 6.07) is 3.93.